The summed E-state index contributed by atoms with van der Waals surface area (Å²) in [5.74, 6) is 0.0918. The van der Waals surface area contributed by atoms with Gasteiger partial charge in [-0.2, -0.15) is 11.3 Å². The Labute approximate surface area is 201 Å². The van der Waals surface area contributed by atoms with Gasteiger partial charge in [-0.05, 0) is 71.6 Å². The molecule has 1 aromatic heterocycles. The van der Waals surface area contributed by atoms with E-state index in [-0.39, 0.29) is 11.9 Å². The van der Waals surface area contributed by atoms with Crippen LogP contribution in [0.1, 0.15) is 46.9 Å². The molecule has 0 spiro atoms. The van der Waals surface area contributed by atoms with E-state index in [9.17, 15) is 4.79 Å². The minimum atomic E-state index is 0.0918. The Kier molecular flexibility index (Phi) is 7.81. The second kappa shape index (κ2) is 11.0. The topological polar surface area (TPSA) is 52.8 Å². The van der Waals surface area contributed by atoms with Crippen LogP contribution in [-0.2, 0) is 6.54 Å². The fraction of sp³-hybridized carbons (Fsp3) is 0.370. The highest BCUT2D eigenvalue weighted by molar-refractivity contribution is 7.07. The largest absolute Gasteiger partial charge is 0.399 e. The average molecular weight is 463 g/mol. The molecule has 1 saturated heterocycles. The lowest BCUT2D eigenvalue weighted by Crippen LogP contribution is -2.47. The quantitative estimate of drug-likeness (QED) is 0.492. The molecule has 0 aliphatic carbocycles. The number of nitrogens with zero attached hydrogens (tertiary/aromatic N) is 3. The summed E-state index contributed by atoms with van der Waals surface area (Å²) < 4.78 is 0. The van der Waals surface area contributed by atoms with Crippen molar-refractivity contribution in [2.45, 2.75) is 26.4 Å². The van der Waals surface area contributed by atoms with Crippen LogP contribution in [0.15, 0.2) is 65.4 Å². The van der Waals surface area contributed by atoms with Gasteiger partial charge in [-0.3, -0.25) is 14.6 Å². The molecular weight excluding hydrogens is 428 g/mol. The van der Waals surface area contributed by atoms with Crippen LogP contribution in [-0.4, -0.2) is 59.9 Å². The van der Waals surface area contributed by atoms with Gasteiger partial charge in [0.15, 0.2) is 0 Å². The molecule has 0 radical (unpaired) electrons. The van der Waals surface area contributed by atoms with Crippen LogP contribution in [0, 0.1) is 0 Å². The predicted octanol–water partition coefficient (Wildman–Crippen LogP) is 4.72. The van der Waals surface area contributed by atoms with E-state index < -0.39 is 0 Å². The first kappa shape index (κ1) is 23.5. The van der Waals surface area contributed by atoms with Gasteiger partial charge in [0.05, 0.1) is 6.04 Å². The number of amides is 1. The van der Waals surface area contributed by atoms with Crippen LogP contribution >= 0.6 is 11.3 Å². The number of thiophene rings is 1. The molecule has 1 unspecified atom stereocenters. The maximum atomic E-state index is 12.8. The zero-order valence-electron chi connectivity index (χ0n) is 19.6. The van der Waals surface area contributed by atoms with Crippen molar-refractivity contribution in [3.05, 3.63) is 87.6 Å². The molecule has 1 amide bonds. The van der Waals surface area contributed by atoms with Crippen LogP contribution in [0.4, 0.5) is 5.69 Å². The van der Waals surface area contributed by atoms with E-state index in [0.29, 0.717) is 0 Å². The van der Waals surface area contributed by atoms with Crippen molar-refractivity contribution in [3.8, 4) is 0 Å². The third kappa shape index (κ3) is 5.64. The molecule has 1 atom stereocenters. The smallest absolute Gasteiger partial charge is 0.253 e. The minimum Gasteiger partial charge on any atom is -0.399 e. The first-order valence-electron chi connectivity index (χ1n) is 11.8. The average Bonchev–Trinajstić information content (AvgIpc) is 3.35. The Morgan fingerprint density at radius 3 is 2.33 bits per heavy atom. The standard InChI is InChI=1S/C27H34N4OS/c1-3-30(4-2)27(32)23-10-8-22(9-11-23)26(24-6-5-7-25(28)18-24)31-15-13-29(14-16-31)19-21-12-17-33-20-21/h5-12,17-18,20,26H,3-4,13-16,19,28H2,1-2H3. The zero-order chi connectivity index (χ0) is 23.2. The molecule has 1 aliphatic heterocycles. The summed E-state index contributed by atoms with van der Waals surface area (Å²) >= 11 is 1.76. The molecule has 6 heteroatoms. The number of rotatable bonds is 8. The van der Waals surface area contributed by atoms with Gasteiger partial charge in [0.2, 0.25) is 0 Å². The molecule has 0 bridgehead atoms. The van der Waals surface area contributed by atoms with Gasteiger partial charge in [-0.15, -0.1) is 0 Å². The molecule has 4 rings (SSSR count). The SMILES string of the molecule is CCN(CC)C(=O)c1ccc(C(c2cccc(N)c2)N2CCN(Cc3ccsc3)CC2)cc1. The minimum absolute atomic E-state index is 0.0918. The van der Waals surface area contributed by atoms with Gasteiger partial charge < -0.3 is 10.6 Å². The molecule has 2 N–H and O–H groups in total. The molecular formula is C27H34N4OS. The fourth-order valence-electron chi connectivity index (χ4n) is 4.67. The Hall–Kier alpha value is -2.67. The molecule has 5 nitrogen and oxygen atoms in total. The molecule has 2 aromatic carbocycles. The van der Waals surface area contributed by atoms with Crippen molar-refractivity contribution in [1.82, 2.24) is 14.7 Å². The van der Waals surface area contributed by atoms with Crippen molar-refractivity contribution in [2.24, 2.45) is 0 Å². The lowest BCUT2D eigenvalue weighted by molar-refractivity contribution is 0.0773. The number of hydrogen-bond donors (Lipinski definition) is 1. The summed E-state index contributed by atoms with van der Waals surface area (Å²) in [6.45, 7) is 10.5. The maximum absolute atomic E-state index is 12.8. The first-order valence-corrected chi connectivity index (χ1v) is 12.8. The van der Waals surface area contributed by atoms with E-state index in [4.69, 9.17) is 5.73 Å². The zero-order valence-corrected chi connectivity index (χ0v) is 20.4. The summed E-state index contributed by atoms with van der Waals surface area (Å²) in [6.07, 6.45) is 0. The molecule has 1 fully saturated rings. The number of nitrogen functional groups attached to an aromatic ring is 1. The van der Waals surface area contributed by atoms with Crippen molar-refractivity contribution in [1.29, 1.82) is 0 Å². The molecule has 1 aliphatic rings. The Balaban J connectivity index is 1.54. The normalized spacial score (nSPS) is 15.9. The van der Waals surface area contributed by atoms with Crippen molar-refractivity contribution in [2.75, 3.05) is 45.0 Å². The van der Waals surface area contributed by atoms with Gasteiger partial charge in [0, 0.05) is 57.1 Å². The highest BCUT2D eigenvalue weighted by atomic mass is 32.1. The Morgan fingerprint density at radius 1 is 1.00 bits per heavy atom. The van der Waals surface area contributed by atoms with E-state index in [2.05, 4.69) is 50.9 Å². The van der Waals surface area contributed by atoms with Crippen LogP contribution in [0.5, 0.6) is 0 Å². The van der Waals surface area contributed by atoms with Crippen LogP contribution < -0.4 is 5.73 Å². The number of benzene rings is 2. The van der Waals surface area contributed by atoms with Crippen LogP contribution in [0.2, 0.25) is 0 Å². The highest BCUT2D eigenvalue weighted by Gasteiger charge is 2.27. The van der Waals surface area contributed by atoms with Crippen LogP contribution in [0.25, 0.3) is 0 Å². The number of anilines is 1. The van der Waals surface area contributed by atoms with Crippen molar-refractivity contribution < 1.29 is 4.79 Å². The van der Waals surface area contributed by atoms with Gasteiger partial charge in [-0.1, -0.05) is 24.3 Å². The van der Waals surface area contributed by atoms with E-state index in [1.165, 1.54) is 16.7 Å². The second-order valence-corrected chi connectivity index (χ2v) is 9.40. The van der Waals surface area contributed by atoms with E-state index in [1.54, 1.807) is 11.3 Å². The van der Waals surface area contributed by atoms with Crippen LogP contribution in [0.3, 0.4) is 0 Å². The molecule has 2 heterocycles. The maximum Gasteiger partial charge on any atom is 0.253 e. The van der Waals surface area contributed by atoms with Gasteiger partial charge in [0.1, 0.15) is 0 Å². The lowest BCUT2D eigenvalue weighted by atomic mass is 9.95. The fourth-order valence-corrected chi connectivity index (χ4v) is 5.32. The monoisotopic (exact) mass is 462 g/mol. The summed E-state index contributed by atoms with van der Waals surface area (Å²) in [6, 6.07) is 18.7. The van der Waals surface area contributed by atoms with E-state index in [0.717, 1.165) is 57.1 Å². The highest BCUT2D eigenvalue weighted by Crippen LogP contribution is 2.31. The van der Waals surface area contributed by atoms with Crippen molar-refractivity contribution >= 4 is 22.9 Å². The van der Waals surface area contributed by atoms with Crippen molar-refractivity contribution in [3.63, 3.8) is 0 Å². The first-order chi connectivity index (χ1) is 16.1. The molecule has 33 heavy (non-hydrogen) atoms. The predicted molar refractivity (Wildman–Crippen MR) is 138 cm³/mol. The Bertz CT molecular complexity index is 1020. The molecule has 174 valence electrons. The third-order valence-corrected chi connectivity index (χ3v) is 7.24. The molecule has 0 saturated carbocycles. The number of carbonyl (C=O) groups excluding carboxylic acids is 1. The van der Waals surface area contributed by atoms with Gasteiger partial charge in [0.25, 0.3) is 5.91 Å². The number of piperazine rings is 1. The van der Waals surface area contributed by atoms with E-state index >= 15 is 0 Å². The summed E-state index contributed by atoms with van der Waals surface area (Å²) in [4.78, 5) is 19.7. The van der Waals surface area contributed by atoms with E-state index in [1.807, 2.05) is 43.0 Å². The van der Waals surface area contributed by atoms with Gasteiger partial charge in [-0.25, -0.2) is 0 Å². The number of hydrogen-bond acceptors (Lipinski definition) is 5. The number of carbonyl (C=O) groups is 1. The Morgan fingerprint density at radius 2 is 1.73 bits per heavy atom. The molecule has 3 aromatic rings. The van der Waals surface area contributed by atoms with Gasteiger partial charge >= 0.3 is 0 Å². The number of nitrogens with two attached hydrogens (primary N) is 1. The lowest BCUT2D eigenvalue weighted by Gasteiger charge is -2.40. The summed E-state index contributed by atoms with van der Waals surface area (Å²) in [5.41, 5.74) is 11.5. The second-order valence-electron chi connectivity index (χ2n) is 8.62. The summed E-state index contributed by atoms with van der Waals surface area (Å²) in [5, 5.41) is 4.39. The third-order valence-electron chi connectivity index (χ3n) is 6.51. The summed E-state index contributed by atoms with van der Waals surface area (Å²) in [7, 11) is 0.